The minimum absolute atomic E-state index is 0.144. The average molecular weight is 202 g/mol. The van der Waals surface area contributed by atoms with Crippen molar-refractivity contribution >= 4 is 0 Å². The van der Waals surface area contributed by atoms with Gasteiger partial charge >= 0.3 is 0 Å². The van der Waals surface area contributed by atoms with E-state index in [2.05, 4.69) is 5.32 Å². The molecule has 1 fully saturated rings. The third kappa shape index (κ3) is 3.20. The summed E-state index contributed by atoms with van der Waals surface area (Å²) in [5.41, 5.74) is 5.69. The number of nitrogens with two attached hydrogens (primary N) is 1. The monoisotopic (exact) mass is 202 g/mol. The van der Waals surface area contributed by atoms with Crippen molar-refractivity contribution in [3.05, 3.63) is 0 Å². The zero-order chi connectivity index (χ0) is 10.4. The summed E-state index contributed by atoms with van der Waals surface area (Å²) in [4.78, 5) is 0. The largest absolute Gasteiger partial charge is 0.355 e. The van der Waals surface area contributed by atoms with Crippen LogP contribution in [0.4, 0.5) is 0 Å². The molecule has 0 heterocycles. The molecule has 0 amide bonds. The highest BCUT2D eigenvalue weighted by atomic mass is 16.7. The summed E-state index contributed by atoms with van der Waals surface area (Å²) in [5.74, 6) is 0.629. The quantitative estimate of drug-likeness (QED) is 0.609. The van der Waals surface area contributed by atoms with E-state index in [0.29, 0.717) is 12.0 Å². The lowest BCUT2D eigenvalue weighted by Crippen LogP contribution is -2.41. The zero-order valence-electron chi connectivity index (χ0n) is 9.16. The number of hydrogen-bond acceptors (Lipinski definition) is 4. The molecule has 0 spiro atoms. The van der Waals surface area contributed by atoms with Crippen LogP contribution in [-0.2, 0) is 9.47 Å². The molecule has 0 radical (unpaired) electrons. The predicted octanol–water partition coefficient (Wildman–Crippen LogP) is 0.322. The van der Waals surface area contributed by atoms with Gasteiger partial charge in [0.15, 0.2) is 6.29 Å². The lowest BCUT2D eigenvalue weighted by Gasteiger charge is -2.22. The van der Waals surface area contributed by atoms with Crippen LogP contribution in [0.2, 0.25) is 0 Å². The Morgan fingerprint density at radius 3 is 2.64 bits per heavy atom. The van der Waals surface area contributed by atoms with Crippen molar-refractivity contribution in [1.29, 1.82) is 0 Å². The number of ether oxygens (including phenoxy) is 2. The van der Waals surface area contributed by atoms with Crippen LogP contribution in [0.15, 0.2) is 0 Å². The standard InChI is InChI=1S/C10H22N2O2/c1-13-10(14-2)7-12-9-5-3-4-8(9)6-11/h8-10,12H,3-7,11H2,1-2H3. The van der Waals surface area contributed by atoms with Crippen molar-refractivity contribution in [3.8, 4) is 0 Å². The molecule has 0 aromatic heterocycles. The molecule has 1 aliphatic carbocycles. The van der Waals surface area contributed by atoms with Crippen LogP contribution in [0.3, 0.4) is 0 Å². The Hall–Kier alpha value is -0.160. The molecular weight excluding hydrogens is 180 g/mol. The van der Waals surface area contributed by atoms with Crippen molar-refractivity contribution in [2.24, 2.45) is 11.7 Å². The fraction of sp³-hybridized carbons (Fsp3) is 1.00. The fourth-order valence-corrected chi connectivity index (χ4v) is 2.10. The lowest BCUT2D eigenvalue weighted by molar-refractivity contribution is -0.100. The Morgan fingerprint density at radius 1 is 1.36 bits per heavy atom. The first-order valence-electron chi connectivity index (χ1n) is 5.30. The van der Waals surface area contributed by atoms with E-state index in [4.69, 9.17) is 15.2 Å². The van der Waals surface area contributed by atoms with Gasteiger partial charge in [-0.05, 0) is 25.3 Å². The van der Waals surface area contributed by atoms with Crippen molar-refractivity contribution in [1.82, 2.24) is 5.32 Å². The van der Waals surface area contributed by atoms with Crippen molar-refractivity contribution in [2.75, 3.05) is 27.3 Å². The molecule has 3 N–H and O–H groups in total. The minimum atomic E-state index is -0.144. The van der Waals surface area contributed by atoms with Gasteiger partial charge in [-0.15, -0.1) is 0 Å². The summed E-state index contributed by atoms with van der Waals surface area (Å²) in [6, 6.07) is 0.549. The number of methoxy groups -OCH3 is 2. The summed E-state index contributed by atoms with van der Waals surface area (Å²) in [5, 5.41) is 3.45. The van der Waals surface area contributed by atoms with Crippen LogP contribution in [0.5, 0.6) is 0 Å². The molecule has 0 bridgehead atoms. The first kappa shape index (κ1) is 11.9. The Bertz CT molecular complexity index is 151. The SMILES string of the molecule is COC(CNC1CCCC1CN)OC. The van der Waals surface area contributed by atoms with Gasteiger partial charge in [0.25, 0.3) is 0 Å². The second kappa shape index (κ2) is 6.35. The predicted molar refractivity (Wildman–Crippen MR) is 56.0 cm³/mol. The summed E-state index contributed by atoms with van der Waals surface area (Å²) in [7, 11) is 3.32. The van der Waals surface area contributed by atoms with E-state index in [1.165, 1.54) is 19.3 Å². The minimum Gasteiger partial charge on any atom is -0.355 e. The summed E-state index contributed by atoms with van der Waals surface area (Å²) in [6.45, 7) is 1.52. The molecule has 0 saturated heterocycles. The van der Waals surface area contributed by atoms with Crippen molar-refractivity contribution in [2.45, 2.75) is 31.6 Å². The third-order valence-corrected chi connectivity index (χ3v) is 3.03. The van der Waals surface area contributed by atoms with Gasteiger partial charge < -0.3 is 20.5 Å². The van der Waals surface area contributed by atoms with Gasteiger partial charge in [0.2, 0.25) is 0 Å². The normalized spacial score (nSPS) is 27.4. The fourth-order valence-electron chi connectivity index (χ4n) is 2.10. The van der Waals surface area contributed by atoms with Crippen LogP contribution >= 0.6 is 0 Å². The molecule has 0 aromatic rings. The van der Waals surface area contributed by atoms with Crippen molar-refractivity contribution in [3.63, 3.8) is 0 Å². The maximum Gasteiger partial charge on any atom is 0.169 e. The second-order valence-corrected chi connectivity index (χ2v) is 3.84. The van der Waals surface area contributed by atoms with Crippen LogP contribution in [0.25, 0.3) is 0 Å². The zero-order valence-corrected chi connectivity index (χ0v) is 9.16. The Kier molecular flexibility index (Phi) is 5.40. The van der Waals surface area contributed by atoms with Crippen LogP contribution < -0.4 is 11.1 Å². The molecule has 0 aliphatic heterocycles. The van der Waals surface area contributed by atoms with E-state index in [0.717, 1.165) is 13.1 Å². The average Bonchev–Trinajstić information content (AvgIpc) is 2.67. The molecule has 1 aliphatic rings. The van der Waals surface area contributed by atoms with E-state index in [1.807, 2.05) is 0 Å². The van der Waals surface area contributed by atoms with Gasteiger partial charge in [0, 0.05) is 26.8 Å². The lowest BCUT2D eigenvalue weighted by atomic mass is 10.0. The van der Waals surface area contributed by atoms with Crippen LogP contribution in [0, 0.1) is 5.92 Å². The number of hydrogen-bond donors (Lipinski definition) is 2. The van der Waals surface area contributed by atoms with Gasteiger partial charge in [0.1, 0.15) is 0 Å². The highest BCUT2D eigenvalue weighted by Crippen LogP contribution is 2.24. The summed E-state index contributed by atoms with van der Waals surface area (Å²) in [6.07, 6.45) is 3.61. The molecule has 1 saturated carbocycles. The Balaban J connectivity index is 2.22. The molecule has 2 atom stereocenters. The highest BCUT2D eigenvalue weighted by molar-refractivity contribution is 4.83. The Labute approximate surface area is 86.1 Å². The van der Waals surface area contributed by atoms with E-state index in [-0.39, 0.29) is 6.29 Å². The first-order chi connectivity index (χ1) is 6.81. The maximum atomic E-state index is 5.69. The van der Waals surface area contributed by atoms with E-state index in [9.17, 15) is 0 Å². The molecule has 4 heteroatoms. The molecule has 0 aromatic carbocycles. The summed E-state index contributed by atoms with van der Waals surface area (Å²) >= 11 is 0. The number of rotatable bonds is 6. The van der Waals surface area contributed by atoms with E-state index >= 15 is 0 Å². The third-order valence-electron chi connectivity index (χ3n) is 3.03. The van der Waals surface area contributed by atoms with Crippen molar-refractivity contribution < 1.29 is 9.47 Å². The summed E-state index contributed by atoms with van der Waals surface area (Å²) < 4.78 is 10.2. The molecule has 1 rings (SSSR count). The van der Waals surface area contributed by atoms with Gasteiger partial charge in [-0.3, -0.25) is 0 Å². The smallest absolute Gasteiger partial charge is 0.169 e. The Morgan fingerprint density at radius 2 is 2.07 bits per heavy atom. The van der Waals surface area contributed by atoms with Gasteiger partial charge in [-0.1, -0.05) is 6.42 Å². The maximum absolute atomic E-state index is 5.69. The highest BCUT2D eigenvalue weighted by Gasteiger charge is 2.25. The van der Waals surface area contributed by atoms with Gasteiger partial charge in [-0.2, -0.15) is 0 Å². The number of nitrogens with one attached hydrogen (secondary N) is 1. The molecule has 2 unspecified atom stereocenters. The van der Waals surface area contributed by atoms with Crippen LogP contribution in [-0.4, -0.2) is 39.6 Å². The van der Waals surface area contributed by atoms with Gasteiger partial charge in [0.05, 0.1) is 0 Å². The topological polar surface area (TPSA) is 56.5 Å². The second-order valence-electron chi connectivity index (χ2n) is 3.84. The molecule has 4 nitrogen and oxygen atoms in total. The van der Waals surface area contributed by atoms with E-state index in [1.54, 1.807) is 14.2 Å². The first-order valence-corrected chi connectivity index (χ1v) is 5.30. The van der Waals surface area contributed by atoms with Gasteiger partial charge in [-0.25, -0.2) is 0 Å². The van der Waals surface area contributed by atoms with Crippen LogP contribution in [0.1, 0.15) is 19.3 Å². The molecular formula is C10H22N2O2. The molecule has 14 heavy (non-hydrogen) atoms. The van der Waals surface area contributed by atoms with E-state index < -0.39 is 0 Å². The molecule has 84 valence electrons.